The monoisotopic (exact) mass is 600 g/mol. The first-order valence-electron chi connectivity index (χ1n) is 17.1. The second-order valence-electron chi connectivity index (χ2n) is 12.5. The summed E-state index contributed by atoms with van der Waals surface area (Å²) in [6, 6.07) is 36.8. The van der Waals surface area contributed by atoms with Gasteiger partial charge in [-0.2, -0.15) is 0 Å². The Bertz CT molecular complexity index is 2390. The van der Waals surface area contributed by atoms with Crippen LogP contribution in [0.15, 0.2) is 97.2 Å². The van der Waals surface area contributed by atoms with Crippen LogP contribution in [0.2, 0.25) is 0 Å². The molecule has 4 heteroatoms. The molecule has 0 radical (unpaired) electrons. The van der Waals surface area contributed by atoms with Crippen LogP contribution in [0, 0.1) is 12.0 Å². The van der Waals surface area contributed by atoms with E-state index in [4.69, 9.17) is 4.98 Å². The number of hydrogen-bond acceptors (Lipinski definition) is 1. The largest absolute Gasteiger partial charge is 0.339 e. The van der Waals surface area contributed by atoms with Gasteiger partial charge in [0.15, 0.2) is 0 Å². The molecule has 0 saturated heterocycles. The fourth-order valence-electron chi connectivity index (χ4n) is 7.56. The Kier molecular flexibility index (Phi) is 7.46. The molecule has 0 spiro atoms. The summed E-state index contributed by atoms with van der Waals surface area (Å²) in [5.74, 6) is 3.41. The maximum Gasteiger partial charge on any atom is 0.0981 e. The minimum Gasteiger partial charge on any atom is -0.339 e. The average Bonchev–Trinajstić information content (AvgIpc) is 3.72. The van der Waals surface area contributed by atoms with Gasteiger partial charge in [-0.1, -0.05) is 107 Å². The number of fused-ring (bicyclic) bond motifs is 10. The van der Waals surface area contributed by atoms with Crippen molar-refractivity contribution in [3.05, 3.63) is 97.2 Å². The zero-order chi connectivity index (χ0) is 31.0. The smallest absolute Gasteiger partial charge is 0.0981 e. The van der Waals surface area contributed by atoms with Crippen LogP contribution in [0.5, 0.6) is 0 Å². The zero-order valence-corrected chi connectivity index (χ0v) is 26.9. The average molecular weight is 601 g/mol. The number of pyridine rings is 1. The van der Waals surface area contributed by atoms with Gasteiger partial charge in [-0.05, 0) is 48.9 Å². The van der Waals surface area contributed by atoms with Crippen LogP contribution in [-0.4, -0.2) is 18.7 Å². The summed E-state index contributed by atoms with van der Waals surface area (Å²) in [7, 11) is 0. The van der Waals surface area contributed by atoms with Gasteiger partial charge in [0.25, 0.3) is 0 Å². The molecule has 0 atom stereocenters. The van der Waals surface area contributed by atoms with E-state index in [-0.39, 0.29) is 0 Å². The van der Waals surface area contributed by atoms with E-state index in [1.165, 1.54) is 93.9 Å². The third-order valence-electron chi connectivity index (χ3n) is 9.69. The van der Waals surface area contributed by atoms with Crippen LogP contribution >= 0.6 is 0 Å². The highest BCUT2D eigenvalue weighted by molar-refractivity contribution is 6.24. The van der Waals surface area contributed by atoms with Crippen molar-refractivity contribution in [1.29, 1.82) is 0 Å². The second-order valence-corrected chi connectivity index (χ2v) is 12.5. The van der Waals surface area contributed by atoms with Crippen LogP contribution in [0.1, 0.15) is 65.2 Å². The number of nitrogens with zero attached hydrogens (tertiary/aromatic N) is 4. The van der Waals surface area contributed by atoms with Gasteiger partial charge in [-0.25, -0.2) is 0 Å². The lowest BCUT2D eigenvalue weighted by Crippen LogP contribution is -1.98. The van der Waals surface area contributed by atoms with E-state index < -0.39 is 0 Å². The molecule has 4 nitrogen and oxygen atoms in total. The summed E-state index contributed by atoms with van der Waals surface area (Å²) in [5.41, 5.74) is 9.38. The van der Waals surface area contributed by atoms with Gasteiger partial charge in [-0.15, -0.1) is 0 Å². The fourth-order valence-corrected chi connectivity index (χ4v) is 7.56. The minimum absolute atomic E-state index is 0.794. The van der Waals surface area contributed by atoms with Crippen LogP contribution in [0.3, 0.4) is 0 Å². The molecule has 46 heavy (non-hydrogen) atoms. The molecule has 4 aromatic carbocycles. The third-order valence-corrected chi connectivity index (χ3v) is 9.69. The highest BCUT2D eigenvalue weighted by atomic mass is 15.0. The van der Waals surface area contributed by atoms with Gasteiger partial charge >= 0.3 is 0 Å². The van der Waals surface area contributed by atoms with Crippen molar-refractivity contribution in [3.63, 3.8) is 0 Å². The molecule has 4 aromatic heterocycles. The lowest BCUT2D eigenvalue weighted by molar-refractivity contribution is 0.561. The molecule has 0 aliphatic heterocycles. The normalized spacial score (nSPS) is 11.9. The SMILES string of the molecule is CCC#Cn1c2cc(-n3c4ccccc4c4ccccc43)ccc2c2ccc3c(c4ncccc4n3CCCCCCCCC)c21. The summed E-state index contributed by atoms with van der Waals surface area (Å²) in [6.45, 7) is 5.41. The van der Waals surface area contributed by atoms with E-state index in [2.05, 4.69) is 131 Å². The van der Waals surface area contributed by atoms with E-state index in [0.29, 0.717) is 0 Å². The Morgan fingerprint density at radius 1 is 0.609 bits per heavy atom. The number of unbranched alkanes of at least 4 members (excludes halogenated alkanes) is 6. The Balaban J connectivity index is 1.33. The number of rotatable bonds is 9. The molecule has 0 saturated carbocycles. The molecule has 228 valence electrons. The topological polar surface area (TPSA) is 27.7 Å². The summed E-state index contributed by atoms with van der Waals surface area (Å²) in [5, 5.41) is 6.19. The number of para-hydroxylation sites is 2. The second kappa shape index (κ2) is 12.1. The van der Waals surface area contributed by atoms with Gasteiger partial charge in [0.05, 0.1) is 44.0 Å². The van der Waals surface area contributed by atoms with Crippen molar-refractivity contribution in [1.82, 2.24) is 18.7 Å². The molecule has 8 aromatic rings. The Morgan fingerprint density at radius 3 is 2.04 bits per heavy atom. The van der Waals surface area contributed by atoms with E-state index in [1.807, 2.05) is 6.20 Å². The van der Waals surface area contributed by atoms with Crippen LogP contribution in [0.4, 0.5) is 0 Å². The van der Waals surface area contributed by atoms with Gasteiger partial charge in [0.1, 0.15) is 0 Å². The molecular weight excluding hydrogens is 560 g/mol. The van der Waals surface area contributed by atoms with Crippen molar-refractivity contribution < 1.29 is 0 Å². The van der Waals surface area contributed by atoms with Crippen molar-refractivity contribution in [2.75, 3.05) is 0 Å². The number of hydrogen-bond donors (Lipinski definition) is 0. The number of benzene rings is 4. The van der Waals surface area contributed by atoms with Crippen LogP contribution < -0.4 is 0 Å². The van der Waals surface area contributed by atoms with Crippen LogP contribution in [0.25, 0.3) is 71.2 Å². The lowest BCUT2D eigenvalue weighted by atomic mass is 10.1. The van der Waals surface area contributed by atoms with E-state index in [0.717, 1.165) is 35.2 Å². The molecular formula is C42H40N4. The first-order valence-corrected chi connectivity index (χ1v) is 17.1. The Labute approximate surface area is 270 Å². The van der Waals surface area contributed by atoms with Crippen molar-refractivity contribution >= 4 is 65.5 Å². The predicted molar refractivity (Wildman–Crippen MR) is 196 cm³/mol. The van der Waals surface area contributed by atoms with E-state index >= 15 is 0 Å². The molecule has 0 amide bonds. The molecule has 0 aliphatic carbocycles. The first-order chi connectivity index (χ1) is 22.8. The summed E-state index contributed by atoms with van der Waals surface area (Å²) in [6.07, 6.45) is 11.8. The summed E-state index contributed by atoms with van der Waals surface area (Å²) >= 11 is 0. The molecule has 0 fully saturated rings. The minimum atomic E-state index is 0.794. The maximum atomic E-state index is 4.99. The van der Waals surface area contributed by atoms with Crippen molar-refractivity contribution in [2.24, 2.45) is 0 Å². The van der Waals surface area contributed by atoms with E-state index in [1.54, 1.807) is 0 Å². The van der Waals surface area contributed by atoms with Crippen LogP contribution in [-0.2, 0) is 6.54 Å². The van der Waals surface area contributed by atoms with Crippen molar-refractivity contribution in [3.8, 4) is 17.7 Å². The van der Waals surface area contributed by atoms with Crippen molar-refractivity contribution in [2.45, 2.75) is 71.8 Å². The molecule has 0 N–H and O–H groups in total. The van der Waals surface area contributed by atoms with Gasteiger partial charge < -0.3 is 9.13 Å². The molecule has 0 unspecified atom stereocenters. The Hall–Kier alpha value is -5.01. The molecule has 0 aliphatic rings. The lowest BCUT2D eigenvalue weighted by Gasteiger charge is -2.09. The fraction of sp³-hybridized carbons (Fsp3) is 0.262. The van der Waals surface area contributed by atoms with Gasteiger partial charge in [-0.3, -0.25) is 9.55 Å². The standard InChI is InChI=1S/C42H40N4/c1-3-5-7-8-9-10-15-28-44-37-25-24-34-33-23-22-30(46-35-19-13-11-17-31(35)32-18-12-14-20-36(32)46)29-39(33)45(27-6-4-2)42(34)40(37)41-38(44)21-16-26-43-41/h11-14,16-26,29H,3-5,7-10,15,28H2,1-2H3. The third kappa shape index (κ3) is 4.57. The number of aryl methyl sites for hydroxylation is 1. The van der Waals surface area contributed by atoms with Gasteiger partial charge in [0.2, 0.25) is 0 Å². The summed E-state index contributed by atoms with van der Waals surface area (Å²) < 4.78 is 7.15. The zero-order valence-electron chi connectivity index (χ0n) is 26.9. The highest BCUT2D eigenvalue weighted by Gasteiger charge is 2.21. The molecule has 8 rings (SSSR count). The highest BCUT2D eigenvalue weighted by Crippen LogP contribution is 2.40. The maximum absolute atomic E-state index is 4.99. The Morgan fingerprint density at radius 2 is 1.28 bits per heavy atom. The molecule has 4 heterocycles. The quantitative estimate of drug-likeness (QED) is 0.120. The van der Waals surface area contributed by atoms with E-state index in [9.17, 15) is 0 Å². The van der Waals surface area contributed by atoms with Gasteiger partial charge in [0, 0.05) is 52.4 Å². The first kappa shape index (κ1) is 28.5. The number of aromatic nitrogens is 4. The predicted octanol–water partition coefficient (Wildman–Crippen LogP) is 11.4. The summed E-state index contributed by atoms with van der Waals surface area (Å²) in [4.78, 5) is 4.99. The molecule has 0 bridgehead atoms.